The summed E-state index contributed by atoms with van der Waals surface area (Å²) in [7, 11) is 0. The number of carbonyl (C=O) groups is 1. The molecule has 0 saturated heterocycles. The number of fused-ring (bicyclic) bond motifs is 5. The van der Waals surface area contributed by atoms with Gasteiger partial charge in [0.1, 0.15) is 5.75 Å². The molecule has 4 aliphatic carbocycles. The van der Waals surface area contributed by atoms with Crippen LogP contribution in [0.15, 0.2) is 35.9 Å². The summed E-state index contributed by atoms with van der Waals surface area (Å²) in [6, 6.07) is 7.65. The first-order valence-electron chi connectivity index (χ1n) is 13.4. The maximum Gasteiger partial charge on any atom is 0.155 e. The highest BCUT2D eigenvalue weighted by atomic mass is 16.3. The summed E-state index contributed by atoms with van der Waals surface area (Å²) in [6.07, 6.45) is 13.7. The average molecular weight is 451 g/mol. The highest BCUT2D eigenvalue weighted by Crippen LogP contribution is 2.69. The average Bonchev–Trinajstić information content (AvgIpc) is 3.01. The van der Waals surface area contributed by atoms with Crippen molar-refractivity contribution in [2.75, 3.05) is 0 Å². The van der Waals surface area contributed by atoms with Gasteiger partial charge in [0.25, 0.3) is 0 Å². The minimum Gasteiger partial charge on any atom is -0.508 e. The fourth-order valence-corrected chi connectivity index (χ4v) is 8.69. The topological polar surface area (TPSA) is 57.5 Å². The summed E-state index contributed by atoms with van der Waals surface area (Å²) in [5.41, 5.74) is 2.29. The van der Waals surface area contributed by atoms with Crippen LogP contribution in [0.3, 0.4) is 0 Å². The molecule has 1 aromatic rings. The van der Waals surface area contributed by atoms with Crippen molar-refractivity contribution in [2.45, 2.75) is 97.0 Å². The van der Waals surface area contributed by atoms with Gasteiger partial charge in [0.2, 0.25) is 0 Å². The lowest BCUT2D eigenvalue weighted by atomic mass is 9.44. The predicted molar refractivity (Wildman–Crippen MR) is 132 cm³/mol. The molecule has 2 N–H and O–H groups in total. The quantitative estimate of drug-likeness (QED) is 0.496. The molecule has 0 bridgehead atoms. The van der Waals surface area contributed by atoms with E-state index in [1.807, 2.05) is 18.2 Å². The number of carbonyl (C=O) groups excluding carboxylic acids is 1. The molecule has 33 heavy (non-hydrogen) atoms. The molecule has 0 radical (unpaired) electrons. The molecule has 0 amide bonds. The van der Waals surface area contributed by atoms with E-state index < -0.39 is 5.60 Å². The normalized spacial score (nSPS) is 42.3. The van der Waals surface area contributed by atoms with Gasteiger partial charge < -0.3 is 10.2 Å². The fourth-order valence-electron chi connectivity index (χ4n) is 8.69. The highest BCUT2D eigenvalue weighted by Gasteiger charge is 2.64. The number of ketones is 1. The Kier molecular flexibility index (Phi) is 5.79. The third-order valence-corrected chi connectivity index (χ3v) is 10.9. The Morgan fingerprint density at radius 1 is 1.03 bits per heavy atom. The smallest absolute Gasteiger partial charge is 0.155 e. The van der Waals surface area contributed by atoms with Crippen molar-refractivity contribution in [1.29, 1.82) is 0 Å². The van der Waals surface area contributed by atoms with Crippen LogP contribution in [0.2, 0.25) is 0 Å². The summed E-state index contributed by atoms with van der Waals surface area (Å²) in [4.78, 5) is 12.4. The van der Waals surface area contributed by atoms with Crippen LogP contribution in [-0.4, -0.2) is 21.6 Å². The Balaban J connectivity index is 1.37. The van der Waals surface area contributed by atoms with Crippen LogP contribution in [0.4, 0.5) is 0 Å². The maximum absolute atomic E-state index is 12.4. The van der Waals surface area contributed by atoms with Gasteiger partial charge in [-0.25, -0.2) is 0 Å². The van der Waals surface area contributed by atoms with Crippen LogP contribution in [-0.2, 0) is 11.2 Å². The predicted octanol–water partition coefficient (Wildman–Crippen LogP) is 6.61. The number of unbranched alkanes of at least 4 members (excludes halogenated alkanes) is 1. The largest absolute Gasteiger partial charge is 0.508 e. The van der Waals surface area contributed by atoms with Crippen LogP contribution >= 0.6 is 0 Å². The van der Waals surface area contributed by atoms with Crippen LogP contribution in [0, 0.1) is 34.5 Å². The monoisotopic (exact) mass is 450 g/mol. The van der Waals surface area contributed by atoms with Gasteiger partial charge >= 0.3 is 0 Å². The van der Waals surface area contributed by atoms with Crippen molar-refractivity contribution in [3.05, 3.63) is 41.5 Å². The Bertz CT molecular complexity index is 946. The third-order valence-electron chi connectivity index (χ3n) is 10.9. The van der Waals surface area contributed by atoms with E-state index in [-0.39, 0.29) is 10.8 Å². The van der Waals surface area contributed by atoms with Crippen LogP contribution in [0.5, 0.6) is 5.75 Å². The number of rotatable bonds is 5. The van der Waals surface area contributed by atoms with Crippen molar-refractivity contribution in [1.82, 2.24) is 0 Å². The molecule has 3 fully saturated rings. The van der Waals surface area contributed by atoms with Gasteiger partial charge in [-0.2, -0.15) is 0 Å². The molecule has 1 aromatic carbocycles. The molecule has 0 spiro atoms. The second kappa shape index (κ2) is 8.26. The van der Waals surface area contributed by atoms with Crippen LogP contribution in [0.25, 0.3) is 0 Å². The third kappa shape index (κ3) is 3.79. The SMILES string of the molecule is C[C@]12CCC(=O)C=C1C[C@@H](CCCCc1cccc(O)c1)[C@@H]1[C@@H]2CC[C@@]2(C)[C@H]1CC[C@]2(C)O. The molecule has 4 aliphatic rings. The summed E-state index contributed by atoms with van der Waals surface area (Å²) in [6.45, 7) is 6.92. The van der Waals surface area contributed by atoms with E-state index in [9.17, 15) is 15.0 Å². The highest BCUT2D eigenvalue weighted by molar-refractivity contribution is 5.91. The van der Waals surface area contributed by atoms with Crippen LogP contribution in [0.1, 0.15) is 90.5 Å². The molecule has 3 saturated carbocycles. The fraction of sp³-hybridized carbons (Fsp3) is 0.700. The lowest BCUT2D eigenvalue weighted by molar-refractivity contribution is -0.135. The van der Waals surface area contributed by atoms with Gasteiger partial charge in [-0.1, -0.05) is 38.0 Å². The summed E-state index contributed by atoms with van der Waals surface area (Å²) in [5, 5.41) is 21.1. The van der Waals surface area contributed by atoms with E-state index >= 15 is 0 Å². The number of phenols is 1. The van der Waals surface area contributed by atoms with Gasteiger partial charge in [0.15, 0.2) is 5.78 Å². The molecular formula is C30H42O3. The number of hydrogen-bond acceptors (Lipinski definition) is 3. The van der Waals surface area contributed by atoms with E-state index in [0.29, 0.717) is 41.6 Å². The van der Waals surface area contributed by atoms with E-state index in [4.69, 9.17) is 0 Å². The molecular weight excluding hydrogens is 408 g/mol. The number of benzene rings is 1. The molecule has 180 valence electrons. The second-order valence-corrected chi connectivity index (χ2v) is 12.5. The van der Waals surface area contributed by atoms with Crippen molar-refractivity contribution in [3.63, 3.8) is 0 Å². The number of hydrogen-bond donors (Lipinski definition) is 2. The molecule has 0 aliphatic heterocycles. The Morgan fingerprint density at radius 3 is 2.61 bits per heavy atom. The van der Waals surface area contributed by atoms with Gasteiger partial charge in [-0.15, -0.1) is 0 Å². The molecule has 0 aromatic heterocycles. The van der Waals surface area contributed by atoms with Crippen molar-refractivity contribution in [3.8, 4) is 5.75 Å². The molecule has 3 nitrogen and oxygen atoms in total. The number of aromatic hydroxyl groups is 1. The molecule has 0 unspecified atom stereocenters. The first kappa shape index (κ1) is 23.1. The Morgan fingerprint density at radius 2 is 1.82 bits per heavy atom. The summed E-state index contributed by atoms with van der Waals surface area (Å²) >= 11 is 0. The number of aliphatic hydroxyl groups is 1. The van der Waals surface area contributed by atoms with E-state index in [0.717, 1.165) is 44.9 Å². The van der Waals surface area contributed by atoms with Crippen molar-refractivity contribution < 1.29 is 15.0 Å². The minimum atomic E-state index is -0.554. The molecule has 7 atom stereocenters. The van der Waals surface area contributed by atoms with Gasteiger partial charge in [0, 0.05) is 6.42 Å². The van der Waals surface area contributed by atoms with E-state index in [1.165, 1.54) is 30.4 Å². The maximum atomic E-state index is 12.4. The van der Waals surface area contributed by atoms with Gasteiger partial charge in [0.05, 0.1) is 5.60 Å². The second-order valence-electron chi connectivity index (χ2n) is 12.5. The zero-order valence-electron chi connectivity index (χ0n) is 20.8. The Labute approximate surface area is 199 Å². The molecule has 0 heterocycles. The first-order chi connectivity index (χ1) is 15.6. The number of aryl methyl sites for hydroxylation is 1. The van der Waals surface area contributed by atoms with Crippen molar-refractivity contribution in [2.24, 2.45) is 34.5 Å². The minimum absolute atomic E-state index is 0.0239. The van der Waals surface area contributed by atoms with E-state index in [2.05, 4.69) is 26.8 Å². The number of allylic oxidation sites excluding steroid dienone is 1. The van der Waals surface area contributed by atoms with Gasteiger partial charge in [-0.05, 0) is 123 Å². The molecule has 5 rings (SSSR count). The number of phenolic OH excluding ortho intramolecular Hbond substituents is 1. The van der Waals surface area contributed by atoms with E-state index in [1.54, 1.807) is 6.07 Å². The Hall–Kier alpha value is -1.61. The lowest BCUT2D eigenvalue weighted by Crippen LogP contribution is -2.56. The first-order valence-corrected chi connectivity index (χ1v) is 13.4. The van der Waals surface area contributed by atoms with Crippen molar-refractivity contribution >= 4 is 5.78 Å². The summed E-state index contributed by atoms with van der Waals surface area (Å²) < 4.78 is 0. The molecule has 3 heteroatoms. The van der Waals surface area contributed by atoms with Crippen LogP contribution < -0.4 is 0 Å². The zero-order chi connectivity index (χ0) is 23.4. The standard InChI is InChI=1S/C30H42O3/c1-28-14-11-24(32)19-22(28)18-21(9-5-4-7-20-8-6-10-23(31)17-20)27-25(28)12-15-29(2)26(27)13-16-30(29,3)33/h6,8,10,17,19,21,25-27,31,33H,4-5,7,9,11-16,18H2,1-3H3/t21-,25+,26+,27-,28+,29+,30+/m1/s1. The lowest BCUT2D eigenvalue weighted by Gasteiger charge is -2.61. The summed E-state index contributed by atoms with van der Waals surface area (Å²) in [5.74, 6) is 3.20. The zero-order valence-corrected chi connectivity index (χ0v) is 20.8. The van der Waals surface area contributed by atoms with Gasteiger partial charge in [-0.3, -0.25) is 4.79 Å².